The molecule has 1 fully saturated rings. The number of Topliss-reactive ketones (excluding diaryl/α,β-unsaturated/α-hetero) is 1. The molecule has 1 amide bonds. The molecular weight excluding hydrogens is 430 g/mol. The van der Waals surface area contributed by atoms with Gasteiger partial charge < -0.3 is 25.0 Å². The Morgan fingerprint density at radius 1 is 1.18 bits per heavy atom. The number of halogens is 1. The van der Waals surface area contributed by atoms with Crippen LogP contribution in [0.25, 0.3) is 5.76 Å². The Balaban J connectivity index is 2.20. The quantitative estimate of drug-likeness (QED) is 0.369. The minimum Gasteiger partial charge on any atom is -0.507 e. The molecule has 7 nitrogen and oxygen atoms in total. The number of phenolic OH excluding ortho intramolecular Hbond substituents is 1. The summed E-state index contributed by atoms with van der Waals surface area (Å²) in [5.41, 5.74) is 0.746. The summed E-state index contributed by atoms with van der Waals surface area (Å²) in [6, 6.07) is 10.1. The molecule has 146 valence electrons. The van der Waals surface area contributed by atoms with Crippen LogP contribution in [0, 0.1) is 0 Å². The van der Waals surface area contributed by atoms with E-state index in [4.69, 9.17) is 4.74 Å². The Kier molecular flexibility index (Phi) is 5.71. The van der Waals surface area contributed by atoms with E-state index in [1.54, 1.807) is 24.3 Å². The molecule has 1 aliphatic rings. The molecule has 0 bridgehead atoms. The Morgan fingerprint density at radius 2 is 1.86 bits per heavy atom. The highest BCUT2D eigenvalue weighted by atomic mass is 79.9. The lowest BCUT2D eigenvalue weighted by atomic mass is 9.95. The molecule has 0 aliphatic carbocycles. The first-order valence-electron chi connectivity index (χ1n) is 8.41. The zero-order chi connectivity index (χ0) is 20.4. The number of rotatable bonds is 5. The average molecular weight is 448 g/mol. The lowest BCUT2D eigenvalue weighted by Crippen LogP contribution is -2.32. The second-order valence-corrected chi connectivity index (χ2v) is 7.07. The molecule has 1 atom stereocenters. The van der Waals surface area contributed by atoms with Gasteiger partial charge in [-0.15, -0.1) is 0 Å². The highest BCUT2D eigenvalue weighted by Crippen LogP contribution is 2.41. The monoisotopic (exact) mass is 447 g/mol. The van der Waals surface area contributed by atoms with Gasteiger partial charge in [-0.25, -0.2) is 0 Å². The number of β-amino-alcohol motifs (C(OH)–C–C–N with tert-alkyl or cyclic N) is 1. The predicted octanol–water partition coefficient (Wildman–Crippen LogP) is 2.58. The minimum absolute atomic E-state index is 0.0877. The molecule has 3 N–H and O–H groups in total. The van der Waals surface area contributed by atoms with Crippen molar-refractivity contribution in [2.24, 2.45) is 0 Å². The van der Waals surface area contributed by atoms with Gasteiger partial charge in [-0.2, -0.15) is 0 Å². The first kappa shape index (κ1) is 19.9. The molecule has 2 aromatic carbocycles. The van der Waals surface area contributed by atoms with Crippen LogP contribution in [0.3, 0.4) is 0 Å². The summed E-state index contributed by atoms with van der Waals surface area (Å²) < 4.78 is 5.91. The maximum atomic E-state index is 12.7. The number of benzene rings is 2. The summed E-state index contributed by atoms with van der Waals surface area (Å²) in [6.45, 7) is -0.438. The SMILES string of the molecule is COc1cc(C2/C(=C(/O)c3ccc(Br)cc3)C(=O)C(=O)N2CCO)ccc1O. The van der Waals surface area contributed by atoms with E-state index in [0.29, 0.717) is 11.1 Å². The number of aliphatic hydroxyl groups excluding tert-OH is 2. The summed E-state index contributed by atoms with van der Waals surface area (Å²) >= 11 is 3.31. The average Bonchev–Trinajstić information content (AvgIpc) is 2.94. The topological polar surface area (TPSA) is 107 Å². The molecule has 1 aliphatic heterocycles. The van der Waals surface area contributed by atoms with Gasteiger partial charge in [0, 0.05) is 16.6 Å². The van der Waals surface area contributed by atoms with E-state index in [-0.39, 0.29) is 36.0 Å². The largest absolute Gasteiger partial charge is 0.507 e. The molecular formula is C20H18BrNO6. The number of carbonyl (C=O) groups is 2. The van der Waals surface area contributed by atoms with Crippen molar-refractivity contribution < 1.29 is 29.6 Å². The van der Waals surface area contributed by atoms with Crippen LogP contribution in [0.2, 0.25) is 0 Å². The fourth-order valence-electron chi connectivity index (χ4n) is 3.19. The zero-order valence-corrected chi connectivity index (χ0v) is 16.5. The van der Waals surface area contributed by atoms with Gasteiger partial charge >= 0.3 is 0 Å². The number of methoxy groups -OCH3 is 1. The third-order valence-electron chi connectivity index (χ3n) is 4.52. The van der Waals surface area contributed by atoms with Crippen molar-refractivity contribution in [2.45, 2.75) is 6.04 Å². The highest BCUT2D eigenvalue weighted by Gasteiger charge is 2.46. The fraction of sp³-hybridized carbons (Fsp3) is 0.200. The third-order valence-corrected chi connectivity index (χ3v) is 5.05. The number of ketones is 1. The van der Waals surface area contributed by atoms with E-state index in [1.165, 1.54) is 30.2 Å². The molecule has 0 aromatic heterocycles. The van der Waals surface area contributed by atoms with Gasteiger partial charge in [0.2, 0.25) is 0 Å². The zero-order valence-electron chi connectivity index (χ0n) is 14.9. The van der Waals surface area contributed by atoms with Crippen LogP contribution in [0.1, 0.15) is 17.2 Å². The summed E-state index contributed by atoms with van der Waals surface area (Å²) in [6.07, 6.45) is 0. The van der Waals surface area contributed by atoms with Gasteiger partial charge in [0.15, 0.2) is 11.5 Å². The number of nitrogens with zero attached hydrogens (tertiary/aromatic N) is 1. The van der Waals surface area contributed by atoms with Gasteiger partial charge in [-0.05, 0) is 29.8 Å². The molecule has 2 aromatic rings. The predicted molar refractivity (Wildman–Crippen MR) is 105 cm³/mol. The number of phenols is 1. The van der Waals surface area contributed by atoms with E-state index < -0.39 is 17.7 Å². The molecule has 3 rings (SSSR count). The second kappa shape index (κ2) is 8.04. The maximum absolute atomic E-state index is 12.7. The van der Waals surface area contributed by atoms with Crippen molar-refractivity contribution in [2.75, 3.05) is 20.3 Å². The Hall–Kier alpha value is -2.84. The molecule has 0 radical (unpaired) electrons. The van der Waals surface area contributed by atoms with Crippen molar-refractivity contribution in [3.8, 4) is 11.5 Å². The number of aromatic hydroxyl groups is 1. The number of hydrogen-bond acceptors (Lipinski definition) is 6. The number of ether oxygens (including phenoxy) is 1. The first-order chi connectivity index (χ1) is 13.4. The lowest BCUT2D eigenvalue weighted by Gasteiger charge is -2.25. The fourth-order valence-corrected chi connectivity index (χ4v) is 3.46. The van der Waals surface area contributed by atoms with Crippen LogP contribution in [-0.4, -0.2) is 52.2 Å². The number of carbonyl (C=O) groups excluding carboxylic acids is 2. The number of likely N-dealkylation sites (tertiary alicyclic amines) is 1. The number of aliphatic hydroxyl groups is 2. The van der Waals surface area contributed by atoms with Crippen molar-refractivity contribution in [1.82, 2.24) is 4.90 Å². The molecule has 8 heteroatoms. The highest BCUT2D eigenvalue weighted by molar-refractivity contribution is 9.10. The lowest BCUT2D eigenvalue weighted by molar-refractivity contribution is -0.140. The van der Waals surface area contributed by atoms with Gasteiger partial charge in [-0.3, -0.25) is 9.59 Å². The Labute approximate surface area is 169 Å². The molecule has 0 saturated carbocycles. The second-order valence-electron chi connectivity index (χ2n) is 6.15. The van der Waals surface area contributed by atoms with Crippen molar-refractivity contribution in [3.05, 3.63) is 63.6 Å². The van der Waals surface area contributed by atoms with E-state index in [2.05, 4.69) is 15.9 Å². The standard InChI is InChI=1S/C20H18BrNO6/c1-28-15-10-12(4-7-14(15)24)17-16(19(26)20(27)22(17)8-9-23)18(25)11-2-5-13(21)6-3-11/h2-7,10,17,23-25H,8-9H2,1H3/b18-16-. The van der Waals surface area contributed by atoms with Gasteiger partial charge in [0.05, 0.1) is 25.3 Å². The molecule has 1 heterocycles. The van der Waals surface area contributed by atoms with Crippen LogP contribution in [0.15, 0.2) is 52.5 Å². The van der Waals surface area contributed by atoms with E-state index in [0.717, 1.165) is 4.47 Å². The van der Waals surface area contributed by atoms with E-state index in [1.807, 2.05) is 0 Å². The van der Waals surface area contributed by atoms with Crippen molar-refractivity contribution in [3.63, 3.8) is 0 Å². The van der Waals surface area contributed by atoms with Gasteiger partial charge in [-0.1, -0.05) is 34.1 Å². The smallest absolute Gasteiger partial charge is 0.295 e. The maximum Gasteiger partial charge on any atom is 0.295 e. The van der Waals surface area contributed by atoms with Gasteiger partial charge in [0.1, 0.15) is 5.76 Å². The molecule has 1 unspecified atom stereocenters. The molecule has 0 spiro atoms. The van der Waals surface area contributed by atoms with Gasteiger partial charge in [0.25, 0.3) is 11.7 Å². The van der Waals surface area contributed by atoms with Crippen LogP contribution in [0.4, 0.5) is 0 Å². The summed E-state index contributed by atoms with van der Waals surface area (Å²) in [5.74, 6) is -1.91. The molecule has 1 saturated heterocycles. The van der Waals surface area contributed by atoms with E-state index in [9.17, 15) is 24.9 Å². The van der Waals surface area contributed by atoms with Crippen LogP contribution in [-0.2, 0) is 9.59 Å². The van der Waals surface area contributed by atoms with Crippen LogP contribution < -0.4 is 4.74 Å². The van der Waals surface area contributed by atoms with E-state index >= 15 is 0 Å². The van der Waals surface area contributed by atoms with Crippen LogP contribution >= 0.6 is 15.9 Å². The Morgan fingerprint density at radius 3 is 2.46 bits per heavy atom. The minimum atomic E-state index is -0.926. The summed E-state index contributed by atoms with van der Waals surface area (Å²) in [4.78, 5) is 26.4. The van der Waals surface area contributed by atoms with Crippen molar-refractivity contribution in [1.29, 1.82) is 0 Å². The number of amides is 1. The summed E-state index contributed by atoms with van der Waals surface area (Å²) in [7, 11) is 1.38. The first-order valence-corrected chi connectivity index (χ1v) is 9.20. The Bertz CT molecular complexity index is 954. The number of hydrogen-bond donors (Lipinski definition) is 3. The van der Waals surface area contributed by atoms with Crippen molar-refractivity contribution >= 4 is 33.4 Å². The van der Waals surface area contributed by atoms with Crippen LogP contribution in [0.5, 0.6) is 11.5 Å². The third kappa shape index (κ3) is 3.48. The molecule has 28 heavy (non-hydrogen) atoms. The normalized spacial score (nSPS) is 18.5. The summed E-state index contributed by atoms with van der Waals surface area (Å²) in [5, 5.41) is 30.0.